The van der Waals surface area contributed by atoms with Gasteiger partial charge in [0.2, 0.25) is 0 Å². The minimum Gasteiger partial charge on any atom is -0.393 e. The van der Waals surface area contributed by atoms with Crippen molar-refractivity contribution in [3.8, 4) is 0 Å². The van der Waals surface area contributed by atoms with Crippen LogP contribution in [0.2, 0.25) is 0 Å². The SMILES string of the molecule is CC(O)C1CCN(Cc2cccc3c2NCC3)CC1.Cl. The molecular formula is C16H25ClN2O. The van der Waals surface area contributed by atoms with E-state index in [1.807, 2.05) is 6.92 Å². The molecule has 0 amide bonds. The van der Waals surface area contributed by atoms with E-state index in [2.05, 4.69) is 28.4 Å². The van der Waals surface area contributed by atoms with Crippen LogP contribution >= 0.6 is 12.4 Å². The highest BCUT2D eigenvalue weighted by Crippen LogP contribution is 2.29. The number of piperidine rings is 1. The van der Waals surface area contributed by atoms with Gasteiger partial charge in [-0.25, -0.2) is 0 Å². The maximum atomic E-state index is 9.65. The van der Waals surface area contributed by atoms with E-state index in [0.717, 1.165) is 45.4 Å². The summed E-state index contributed by atoms with van der Waals surface area (Å²) in [5.41, 5.74) is 4.28. The quantitative estimate of drug-likeness (QED) is 0.900. The molecule has 3 rings (SSSR count). The molecule has 0 spiro atoms. The fourth-order valence-electron chi connectivity index (χ4n) is 3.38. The Kier molecular flexibility index (Phi) is 5.30. The molecular weight excluding hydrogens is 272 g/mol. The Labute approximate surface area is 127 Å². The molecule has 2 aliphatic rings. The van der Waals surface area contributed by atoms with E-state index in [4.69, 9.17) is 0 Å². The molecule has 1 aromatic rings. The van der Waals surface area contributed by atoms with Crippen molar-refractivity contribution in [3.63, 3.8) is 0 Å². The van der Waals surface area contributed by atoms with Crippen molar-refractivity contribution in [2.45, 2.75) is 38.8 Å². The molecule has 1 atom stereocenters. The molecule has 2 aliphatic heterocycles. The van der Waals surface area contributed by atoms with Crippen LogP contribution in [0.4, 0.5) is 5.69 Å². The number of benzene rings is 1. The van der Waals surface area contributed by atoms with Crippen molar-refractivity contribution >= 4 is 18.1 Å². The molecule has 0 radical (unpaired) electrons. The van der Waals surface area contributed by atoms with Crippen LogP contribution < -0.4 is 5.32 Å². The number of rotatable bonds is 3. The van der Waals surface area contributed by atoms with Gasteiger partial charge in [-0.3, -0.25) is 4.90 Å². The maximum Gasteiger partial charge on any atom is 0.0541 e. The lowest BCUT2D eigenvalue weighted by molar-refractivity contribution is 0.0696. The number of aliphatic hydroxyl groups excluding tert-OH is 1. The molecule has 2 heterocycles. The van der Waals surface area contributed by atoms with Crippen molar-refractivity contribution in [2.75, 3.05) is 25.0 Å². The first-order valence-corrected chi connectivity index (χ1v) is 7.49. The summed E-state index contributed by atoms with van der Waals surface area (Å²) >= 11 is 0. The molecule has 0 aromatic heterocycles. The van der Waals surface area contributed by atoms with Gasteiger partial charge in [0.1, 0.15) is 0 Å². The first kappa shape index (κ1) is 15.6. The topological polar surface area (TPSA) is 35.5 Å². The zero-order valence-corrected chi connectivity index (χ0v) is 13.0. The minimum atomic E-state index is -0.148. The summed E-state index contributed by atoms with van der Waals surface area (Å²) in [6.07, 6.45) is 3.26. The Morgan fingerprint density at radius 3 is 2.80 bits per heavy atom. The molecule has 0 saturated carbocycles. The summed E-state index contributed by atoms with van der Waals surface area (Å²) in [5, 5.41) is 13.2. The number of hydrogen-bond donors (Lipinski definition) is 2. The van der Waals surface area contributed by atoms with Crippen molar-refractivity contribution in [1.82, 2.24) is 4.90 Å². The molecule has 4 heteroatoms. The van der Waals surface area contributed by atoms with E-state index in [1.54, 1.807) is 0 Å². The van der Waals surface area contributed by atoms with Crippen LogP contribution in [0.1, 0.15) is 30.9 Å². The fraction of sp³-hybridized carbons (Fsp3) is 0.625. The van der Waals surface area contributed by atoms with Gasteiger partial charge in [-0.05, 0) is 56.3 Å². The smallest absolute Gasteiger partial charge is 0.0541 e. The number of likely N-dealkylation sites (tertiary alicyclic amines) is 1. The van der Waals surface area contributed by atoms with Gasteiger partial charge in [0.25, 0.3) is 0 Å². The molecule has 112 valence electrons. The van der Waals surface area contributed by atoms with Crippen molar-refractivity contribution < 1.29 is 5.11 Å². The number of fused-ring (bicyclic) bond motifs is 1. The highest BCUT2D eigenvalue weighted by molar-refractivity contribution is 5.85. The molecule has 1 unspecified atom stereocenters. The van der Waals surface area contributed by atoms with Gasteiger partial charge in [-0.1, -0.05) is 18.2 Å². The zero-order chi connectivity index (χ0) is 13.2. The van der Waals surface area contributed by atoms with Crippen LogP contribution in [0.25, 0.3) is 0 Å². The summed E-state index contributed by atoms with van der Waals surface area (Å²) in [5.74, 6) is 0.496. The number of hydrogen-bond acceptors (Lipinski definition) is 3. The highest BCUT2D eigenvalue weighted by Gasteiger charge is 2.23. The van der Waals surface area contributed by atoms with Crippen LogP contribution in [-0.4, -0.2) is 35.7 Å². The van der Waals surface area contributed by atoms with E-state index >= 15 is 0 Å². The van der Waals surface area contributed by atoms with Crippen LogP contribution in [0.15, 0.2) is 18.2 Å². The summed E-state index contributed by atoms with van der Waals surface area (Å²) in [6, 6.07) is 6.67. The number of halogens is 1. The average molecular weight is 297 g/mol. The Morgan fingerprint density at radius 2 is 2.10 bits per heavy atom. The van der Waals surface area contributed by atoms with Gasteiger partial charge < -0.3 is 10.4 Å². The Morgan fingerprint density at radius 1 is 1.35 bits per heavy atom. The van der Waals surface area contributed by atoms with E-state index < -0.39 is 0 Å². The fourth-order valence-corrected chi connectivity index (χ4v) is 3.38. The number of nitrogens with one attached hydrogen (secondary N) is 1. The molecule has 0 bridgehead atoms. The monoisotopic (exact) mass is 296 g/mol. The van der Waals surface area contributed by atoms with Gasteiger partial charge in [0.05, 0.1) is 6.10 Å². The average Bonchev–Trinajstić information content (AvgIpc) is 2.89. The number of anilines is 1. The molecule has 2 N–H and O–H groups in total. The maximum absolute atomic E-state index is 9.65. The highest BCUT2D eigenvalue weighted by atomic mass is 35.5. The minimum absolute atomic E-state index is 0. The summed E-state index contributed by atoms with van der Waals surface area (Å²) < 4.78 is 0. The van der Waals surface area contributed by atoms with Gasteiger partial charge in [0, 0.05) is 18.8 Å². The third kappa shape index (κ3) is 3.27. The van der Waals surface area contributed by atoms with E-state index in [1.165, 1.54) is 16.8 Å². The molecule has 1 saturated heterocycles. The first-order chi connectivity index (χ1) is 9.24. The van der Waals surface area contributed by atoms with Crippen molar-refractivity contribution in [2.24, 2.45) is 5.92 Å². The summed E-state index contributed by atoms with van der Waals surface area (Å²) in [7, 11) is 0. The molecule has 1 fully saturated rings. The molecule has 1 aromatic carbocycles. The Balaban J connectivity index is 0.00000147. The standard InChI is InChI=1S/C16H24N2O.ClH/c1-12(19)13-6-9-18(10-7-13)11-15-4-2-3-14-5-8-17-16(14)15;/h2-4,12-13,17,19H,5-11H2,1H3;1H. The first-order valence-electron chi connectivity index (χ1n) is 7.49. The largest absolute Gasteiger partial charge is 0.393 e. The second-order valence-corrected chi connectivity index (χ2v) is 5.98. The van der Waals surface area contributed by atoms with Gasteiger partial charge in [0.15, 0.2) is 0 Å². The zero-order valence-electron chi connectivity index (χ0n) is 12.1. The molecule has 3 nitrogen and oxygen atoms in total. The van der Waals surface area contributed by atoms with Crippen LogP contribution in [0.5, 0.6) is 0 Å². The van der Waals surface area contributed by atoms with Gasteiger partial charge in [-0.15, -0.1) is 12.4 Å². The van der Waals surface area contributed by atoms with E-state index in [-0.39, 0.29) is 18.5 Å². The van der Waals surface area contributed by atoms with Crippen LogP contribution in [0.3, 0.4) is 0 Å². The summed E-state index contributed by atoms with van der Waals surface area (Å²) in [6.45, 7) is 6.27. The normalized spacial score (nSPS) is 20.9. The van der Waals surface area contributed by atoms with Gasteiger partial charge >= 0.3 is 0 Å². The molecule has 20 heavy (non-hydrogen) atoms. The predicted molar refractivity (Wildman–Crippen MR) is 85.6 cm³/mol. The van der Waals surface area contributed by atoms with Crippen molar-refractivity contribution in [1.29, 1.82) is 0 Å². The second-order valence-electron chi connectivity index (χ2n) is 5.98. The number of aliphatic hydroxyl groups is 1. The van der Waals surface area contributed by atoms with Crippen LogP contribution in [-0.2, 0) is 13.0 Å². The Bertz CT molecular complexity index is 442. The lowest BCUT2D eigenvalue weighted by Crippen LogP contribution is -2.36. The predicted octanol–water partition coefficient (Wildman–Crippen LogP) is 2.67. The molecule has 0 aliphatic carbocycles. The third-order valence-electron chi connectivity index (χ3n) is 4.64. The summed E-state index contributed by atoms with van der Waals surface area (Å²) in [4.78, 5) is 2.52. The lowest BCUT2D eigenvalue weighted by Gasteiger charge is -2.33. The second kappa shape index (κ2) is 6.79. The van der Waals surface area contributed by atoms with Crippen LogP contribution in [0, 0.1) is 5.92 Å². The number of nitrogens with zero attached hydrogens (tertiary/aromatic N) is 1. The van der Waals surface area contributed by atoms with Crippen molar-refractivity contribution in [3.05, 3.63) is 29.3 Å². The van der Waals surface area contributed by atoms with E-state index in [9.17, 15) is 5.11 Å². The van der Waals surface area contributed by atoms with Gasteiger partial charge in [-0.2, -0.15) is 0 Å². The van der Waals surface area contributed by atoms with E-state index in [0.29, 0.717) is 5.92 Å². The lowest BCUT2D eigenvalue weighted by atomic mass is 9.92. The number of para-hydroxylation sites is 1. The third-order valence-corrected chi connectivity index (χ3v) is 4.64. The Hall–Kier alpha value is -0.770.